The number of benzene rings is 2. The molecule has 0 aliphatic heterocycles. The first-order valence-electron chi connectivity index (χ1n) is 7.23. The molecule has 0 amide bonds. The Balaban J connectivity index is 2.03. The molecule has 0 fully saturated rings. The van der Waals surface area contributed by atoms with Crippen LogP contribution in [0.5, 0.6) is 0 Å². The number of aryl methyl sites for hydroxylation is 2. The Kier molecular flexibility index (Phi) is 3.19. The van der Waals surface area contributed by atoms with Gasteiger partial charge in [-0.25, -0.2) is 9.97 Å². The number of nitrogen functional groups attached to an aromatic ring is 1. The fourth-order valence-corrected chi connectivity index (χ4v) is 3.47. The van der Waals surface area contributed by atoms with E-state index in [1.807, 2.05) is 18.2 Å². The van der Waals surface area contributed by atoms with Gasteiger partial charge in [0.05, 0.1) is 11.4 Å². The third-order valence-corrected chi connectivity index (χ3v) is 4.51. The van der Waals surface area contributed by atoms with Crippen molar-refractivity contribution in [1.29, 1.82) is 0 Å². The lowest BCUT2D eigenvalue weighted by atomic mass is 9.86. The molecule has 2 N–H and O–H groups in total. The molecule has 0 bridgehead atoms. The lowest BCUT2D eigenvalue weighted by molar-refractivity contribution is 0.888. The van der Waals surface area contributed by atoms with Crippen molar-refractivity contribution in [2.75, 3.05) is 5.73 Å². The molecule has 0 saturated heterocycles. The van der Waals surface area contributed by atoms with Gasteiger partial charge in [-0.2, -0.15) is 0 Å². The van der Waals surface area contributed by atoms with Gasteiger partial charge in [-0.15, -0.1) is 0 Å². The molecule has 0 atom stereocenters. The third-order valence-electron chi connectivity index (χ3n) is 4.02. The summed E-state index contributed by atoms with van der Waals surface area (Å²) in [6.45, 7) is 0. The van der Waals surface area contributed by atoms with E-state index >= 15 is 0 Å². The van der Waals surface area contributed by atoms with Crippen LogP contribution in [0.15, 0.2) is 53.0 Å². The van der Waals surface area contributed by atoms with Crippen LogP contribution in [0.1, 0.15) is 11.3 Å². The molecule has 4 heteroatoms. The Bertz CT molecular complexity index is 860. The summed E-state index contributed by atoms with van der Waals surface area (Å²) >= 11 is 3.55. The Labute approximate surface area is 137 Å². The van der Waals surface area contributed by atoms with Crippen molar-refractivity contribution < 1.29 is 0 Å². The number of halogens is 1. The zero-order valence-corrected chi connectivity index (χ0v) is 13.5. The number of anilines is 1. The lowest BCUT2D eigenvalue weighted by Gasteiger charge is -2.22. The van der Waals surface area contributed by atoms with Gasteiger partial charge in [-0.1, -0.05) is 52.3 Å². The normalized spacial score (nSPS) is 12.6. The maximum atomic E-state index is 5.93. The van der Waals surface area contributed by atoms with Crippen LogP contribution in [0.25, 0.3) is 22.4 Å². The summed E-state index contributed by atoms with van der Waals surface area (Å²) in [5.41, 5.74) is 12.6. The predicted molar refractivity (Wildman–Crippen MR) is 92.4 cm³/mol. The van der Waals surface area contributed by atoms with E-state index in [1.54, 1.807) is 0 Å². The number of rotatable bonds is 1. The molecule has 0 saturated carbocycles. The molecule has 3 aromatic rings. The molecular formula is C18H14BrN3. The van der Waals surface area contributed by atoms with Crippen LogP contribution in [0.4, 0.5) is 5.95 Å². The largest absolute Gasteiger partial charge is 0.368 e. The summed E-state index contributed by atoms with van der Waals surface area (Å²) in [7, 11) is 0. The molecule has 4 rings (SSSR count). The van der Waals surface area contributed by atoms with Crippen molar-refractivity contribution in [1.82, 2.24) is 9.97 Å². The summed E-state index contributed by atoms with van der Waals surface area (Å²) in [4.78, 5) is 9.01. The summed E-state index contributed by atoms with van der Waals surface area (Å²) in [5.74, 6) is 0.346. The van der Waals surface area contributed by atoms with Crippen LogP contribution in [-0.4, -0.2) is 9.97 Å². The number of nitrogens with zero attached hydrogens (tertiary/aromatic N) is 2. The van der Waals surface area contributed by atoms with Crippen molar-refractivity contribution in [3.05, 3.63) is 64.3 Å². The van der Waals surface area contributed by atoms with Gasteiger partial charge in [0.25, 0.3) is 0 Å². The average Bonchev–Trinajstić information content (AvgIpc) is 2.54. The van der Waals surface area contributed by atoms with Crippen molar-refractivity contribution in [3.63, 3.8) is 0 Å². The monoisotopic (exact) mass is 351 g/mol. The van der Waals surface area contributed by atoms with E-state index < -0.39 is 0 Å². The Morgan fingerprint density at radius 1 is 0.955 bits per heavy atom. The molecule has 2 aromatic carbocycles. The van der Waals surface area contributed by atoms with Crippen LogP contribution in [0.2, 0.25) is 0 Å². The molecule has 3 nitrogen and oxygen atoms in total. The van der Waals surface area contributed by atoms with Gasteiger partial charge in [-0.05, 0) is 36.1 Å². The van der Waals surface area contributed by atoms with Gasteiger partial charge < -0.3 is 5.73 Å². The zero-order chi connectivity index (χ0) is 15.1. The molecule has 22 heavy (non-hydrogen) atoms. The van der Waals surface area contributed by atoms with Gasteiger partial charge in [0.15, 0.2) is 0 Å². The maximum absolute atomic E-state index is 5.93. The van der Waals surface area contributed by atoms with Crippen LogP contribution in [-0.2, 0) is 12.8 Å². The van der Waals surface area contributed by atoms with Crippen LogP contribution in [0, 0.1) is 0 Å². The SMILES string of the molecule is Nc1nc2c(c(-c3ccccc3)n1)-c1ccc(Br)cc1CC2. The van der Waals surface area contributed by atoms with E-state index in [9.17, 15) is 0 Å². The van der Waals surface area contributed by atoms with E-state index in [0.717, 1.165) is 39.8 Å². The number of aromatic nitrogens is 2. The third kappa shape index (κ3) is 2.20. The van der Waals surface area contributed by atoms with E-state index in [-0.39, 0.29) is 0 Å². The quantitative estimate of drug-likeness (QED) is 0.712. The molecule has 1 aromatic heterocycles. The Morgan fingerprint density at radius 3 is 2.59 bits per heavy atom. The number of fused-ring (bicyclic) bond motifs is 3. The Hall–Kier alpha value is -2.20. The molecule has 0 unspecified atom stereocenters. The second-order valence-electron chi connectivity index (χ2n) is 5.42. The molecule has 0 spiro atoms. The molecule has 1 heterocycles. The van der Waals surface area contributed by atoms with Crippen molar-refractivity contribution in [3.8, 4) is 22.4 Å². The first-order chi connectivity index (χ1) is 10.7. The highest BCUT2D eigenvalue weighted by Gasteiger charge is 2.23. The van der Waals surface area contributed by atoms with Crippen LogP contribution in [0.3, 0.4) is 0 Å². The molecule has 1 aliphatic carbocycles. The Morgan fingerprint density at radius 2 is 1.77 bits per heavy atom. The first-order valence-corrected chi connectivity index (χ1v) is 8.02. The van der Waals surface area contributed by atoms with E-state index in [0.29, 0.717) is 5.95 Å². The summed E-state index contributed by atoms with van der Waals surface area (Å²) < 4.78 is 1.10. The molecule has 0 radical (unpaired) electrons. The van der Waals surface area contributed by atoms with Crippen molar-refractivity contribution in [2.45, 2.75) is 12.8 Å². The maximum Gasteiger partial charge on any atom is 0.220 e. The minimum atomic E-state index is 0.346. The zero-order valence-electron chi connectivity index (χ0n) is 11.9. The van der Waals surface area contributed by atoms with Crippen LogP contribution >= 0.6 is 15.9 Å². The minimum absolute atomic E-state index is 0.346. The predicted octanol–water partition coefficient (Wildman–Crippen LogP) is 4.25. The van der Waals surface area contributed by atoms with Gasteiger partial charge in [-0.3, -0.25) is 0 Å². The second kappa shape index (κ2) is 5.21. The van der Waals surface area contributed by atoms with Gasteiger partial charge in [0, 0.05) is 15.6 Å². The smallest absolute Gasteiger partial charge is 0.220 e. The van der Waals surface area contributed by atoms with E-state index in [1.165, 1.54) is 11.1 Å². The summed E-state index contributed by atoms with van der Waals surface area (Å²) in [6.07, 6.45) is 1.87. The number of hydrogen-bond acceptors (Lipinski definition) is 3. The van der Waals surface area contributed by atoms with Gasteiger partial charge >= 0.3 is 0 Å². The second-order valence-corrected chi connectivity index (χ2v) is 6.34. The van der Waals surface area contributed by atoms with E-state index in [2.05, 4.69) is 56.2 Å². The molecule has 1 aliphatic rings. The van der Waals surface area contributed by atoms with Gasteiger partial charge in [0.2, 0.25) is 5.95 Å². The topological polar surface area (TPSA) is 51.8 Å². The van der Waals surface area contributed by atoms with Crippen molar-refractivity contribution >= 4 is 21.9 Å². The first kappa shape index (κ1) is 13.5. The molecule has 108 valence electrons. The standard InChI is InChI=1S/C18H14BrN3/c19-13-7-8-14-12(10-13)6-9-15-16(14)17(22-18(20)21-15)11-4-2-1-3-5-11/h1-5,7-8,10H,6,9H2,(H2,20,21,22). The fraction of sp³-hybridized carbons (Fsp3) is 0.111. The van der Waals surface area contributed by atoms with E-state index in [4.69, 9.17) is 5.73 Å². The highest BCUT2D eigenvalue weighted by molar-refractivity contribution is 9.10. The summed E-state index contributed by atoms with van der Waals surface area (Å²) in [5, 5.41) is 0. The van der Waals surface area contributed by atoms with Crippen LogP contribution < -0.4 is 5.73 Å². The van der Waals surface area contributed by atoms with Crippen molar-refractivity contribution in [2.24, 2.45) is 0 Å². The van der Waals surface area contributed by atoms with Gasteiger partial charge in [0.1, 0.15) is 0 Å². The highest BCUT2D eigenvalue weighted by Crippen LogP contribution is 2.39. The highest BCUT2D eigenvalue weighted by atomic mass is 79.9. The minimum Gasteiger partial charge on any atom is -0.368 e. The average molecular weight is 352 g/mol. The number of nitrogens with two attached hydrogens (primary N) is 1. The lowest BCUT2D eigenvalue weighted by Crippen LogP contribution is -2.11. The molecular weight excluding hydrogens is 338 g/mol. The fourth-order valence-electron chi connectivity index (χ4n) is 3.06. The number of hydrogen-bond donors (Lipinski definition) is 1. The summed E-state index contributed by atoms with van der Waals surface area (Å²) in [6, 6.07) is 16.6.